The smallest absolute Gasteiger partial charge is 0.260 e. The minimum absolute atomic E-state index is 0.0251. The van der Waals surface area contributed by atoms with Gasteiger partial charge < -0.3 is 19.5 Å². The number of carbonyl (C=O) groups excluding carboxylic acids is 1. The predicted octanol–water partition coefficient (Wildman–Crippen LogP) is 0.978. The molecule has 1 fully saturated rings. The molecule has 5 nitrogen and oxygen atoms in total. The van der Waals surface area contributed by atoms with Crippen LogP contribution in [0.25, 0.3) is 0 Å². The Morgan fingerprint density at radius 3 is 2.58 bits per heavy atom. The highest BCUT2D eigenvalue weighted by Crippen LogP contribution is 2.17. The molecule has 0 spiro atoms. The zero-order valence-corrected chi connectivity index (χ0v) is 11.0. The third kappa shape index (κ3) is 3.94. The highest BCUT2D eigenvalue weighted by Gasteiger charge is 2.17. The Kier molecular flexibility index (Phi) is 4.76. The molecule has 104 valence electrons. The molecule has 1 aliphatic rings. The van der Waals surface area contributed by atoms with Crippen LogP contribution in [0, 0.1) is 0 Å². The number of amides is 1. The van der Waals surface area contributed by atoms with E-state index < -0.39 is 6.10 Å². The maximum atomic E-state index is 11.9. The van der Waals surface area contributed by atoms with Gasteiger partial charge in [-0.3, -0.25) is 4.79 Å². The summed E-state index contributed by atoms with van der Waals surface area (Å²) in [5.74, 6) is 0.605. The largest absolute Gasteiger partial charge is 0.484 e. The van der Waals surface area contributed by atoms with Crippen LogP contribution in [0.15, 0.2) is 24.3 Å². The van der Waals surface area contributed by atoms with E-state index in [4.69, 9.17) is 9.47 Å². The molecule has 1 atom stereocenters. The summed E-state index contributed by atoms with van der Waals surface area (Å²) in [6.07, 6.45) is -0.496. The normalized spacial score (nSPS) is 17.1. The summed E-state index contributed by atoms with van der Waals surface area (Å²) in [7, 11) is 0. The van der Waals surface area contributed by atoms with E-state index >= 15 is 0 Å². The number of ether oxygens (including phenoxy) is 2. The summed E-state index contributed by atoms with van der Waals surface area (Å²) in [5.41, 5.74) is 0.826. The molecule has 5 heteroatoms. The molecule has 0 bridgehead atoms. The van der Waals surface area contributed by atoms with Crippen molar-refractivity contribution in [3.8, 4) is 5.75 Å². The number of nitrogens with zero attached hydrogens (tertiary/aromatic N) is 1. The second-order valence-corrected chi connectivity index (χ2v) is 4.53. The van der Waals surface area contributed by atoms with Crippen LogP contribution in [0.5, 0.6) is 5.75 Å². The standard InChI is InChI=1S/C14H19NO4/c1-11(16)12-2-4-13(5-3-12)19-10-14(17)15-6-8-18-9-7-15/h2-5,11,16H,6-10H2,1H3/t11-/m0/s1. The van der Waals surface area contributed by atoms with Crippen molar-refractivity contribution in [2.75, 3.05) is 32.9 Å². The molecule has 1 aromatic rings. The summed E-state index contributed by atoms with van der Waals surface area (Å²) < 4.78 is 10.6. The highest BCUT2D eigenvalue weighted by atomic mass is 16.5. The molecular formula is C14H19NO4. The molecule has 0 aromatic heterocycles. The number of aliphatic hydroxyl groups excluding tert-OH is 1. The van der Waals surface area contributed by atoms with Crippen LogP contribution in [-0.4, -0.2) is 48.8 Å². The number of rotatable bonds is 4. The van der Waals surface area contributed by atoms with Gasteiger partial charge in [-0.1, -0.05) is 12.1 Å². The van der Waals surface area contributed by atoms with Crippen molar-refractivity contribution >= 4 is 5.91 Å². The first-order valence-corrected chi connectivity index (χ1v) is 6.43. The summed E-state index contributed by atoms with van der Waals surface area (Å²) in [6, 6.07) is 7.10. The van der Waals surface area contributed by atoms with E-state index in [9.17, 15) is 9.90 Å². The molecule has 1 aromatic carbocycles. The first-order valence-electron chi connectivity index (χ1n) is 6.43. The van der Waals surface area contributed by atoms with Crippen molar-refractivity contribution in [1.82, 2.24) is 4.90 Å². The molecule has 2 rings (SSSR count). The van der Waals surface area contributed by atoms with E-state index in [2.05, 4.69) is 0 Å². The highest BCUT2D eigenvalue weighted by molar-refractivity contribution is 5.77. The second-order valence-electron chi connectivity index (χ2n) is 4.53. The van der Waals surface area contributed by atoms with Gasteiger partial charge in [0.25, 0.3) is 5.91 Å². The number of morpholine rings is 1. The lowest BCUT2D eigenvalue weighted by atomic mass is 10.1. The average Bonchev–Trinajstić information content (AvgIpc) is 2.46. The van der Waals surface area contributed by atoms with Gasteiger partial charge in [0.1, 0.15) is 5.75 Å². The van der Waals surface area contributed by atoms with Crippen molar-refractivity contribution in [1.29, 1.82) is 0 Å². The Balaban J connectivity index is 1.82. The lowest BCUT2D eigenvalue weighted by Crippen LogP contribution is -2.42. The molecule has 19 heavy (non-hydrogen) atoms. The molecule has 0 aliphatic carbocycles. The van der Waals surface area contributed by atoms with Crippen molar-refractivity contribution in [3.05, 3.63) is 29.8 Å². The molecule has 0 radical (unpaired) electrons. The first-order chi connectivity index (χ1) is 9.16. The Hall–Kier alpha value is -1.59. The van der Waals surface area contributed by atoms with Crippen LogP contribution in [0.2, 0.25) is 0 Å². The maximum absolute atomic E-state index is 11.9. The van der Waals surface area contributed by atoms with Gasteiger partial charge in [0, 0.05) is 13.1 Å². The minimum atomic E-state index is -0.496. The lowest BCUT2D eigenvalue weighted by Gasteiger charge is -2.26. The van der Waals surface area contributed by atoms with Crippen molar-refractivity contribution in [2.45, 2.75) is 13.0 Å². The first kappa shape index (κ1) is 13.8. The van der Waals surface area contributed by atoms with Gasteiger partial charge >= 0.3 is 0 Å². The number of aliphatic hydroxyl groups is 1. The van der Waals surface area contributed by atoms with E-state index in [-0.39, 0.29) is 12.5 Å². The van der Waals surface area contributed by atoms with Crippen LogP contribution >= 0.6 is 0 Å². The number of carbonyl (C=O) groups is 1. The molecule has 0 unspecified atom stereocenters. The Bertz CT molecular complexity index is 410. The fourth-order valence-corrected chi connectivity index (χ4v) is 1.89. The third-order valence-corrected chi connectivity index (χ3v) is 3.09. The zero-order chi connectivity index (χ0) is 13.7. The maximum Gasteiger partial charge on any atom is 0.260 e. The van der Waals surface area contributed by atoms with Crippen LogP contribution in [-0.2, 0) is 9.53 Å². The molecule has 1 heterocycles. The molecule has 1 amide bonds. The summed E-state index contributed by atoms with van der Waals surface area (Å²) in [6.45, 7) is 4.18. The fourth-order valence-electron chi connectivity index (χ4n) is 1.89. The molecular weight excluding hydrogens is 246 g/mol. The van der Waals surface area contributed by atoms with Gasteiger partial charge in [0.15, 0.2) is 6.61 Å². The van der Waals surface area contributed by atoms with Crippen molar-refractivity contribution in [2.24, 2.45) is 0 Å². The van der Waals surface area contributed by atoms with Gasteiger partial charge in [-0.25, -0.2) is 0 Å². The Morgan fingerprint density at radius 1 is 1.37 bits per heavy atom. The van der Waals surface area contributed by atoms with Gasteiger partial charge in [-0.05, 0) is 24.6 Å². The van der Waals surface area contributed by atoms with Gasteiger partial charge in [0.05, 0.1) is 19.3 Å². The van der Waals surface area contributed by atoms with Crippen molar-refractivity contribution in [3.63, 3.8) is 0 Å². The van der Waals surface area contributed by atoms with Gasteiger partial charge in [-0.2, -0.15) is 0 Å². The van der Waals surface area contributed by atoms with Gasteiger partial charge in [0.2, 0.25) is 0 Å². The van der Waals surface area contributed by atoms with Crippen LogP contribution in [0.4, 0.5) is 0 Å². The summed E-state index contributed by atoms with van der Waals surface area (Å²) in [4.78, 5) is 13.6. The van der Waals surface area contributed by atoms with E-state index in [1.807, 2.05) is 0 Å². The Labute approximate surface area is 112 Å². The summed E-state index contributed by atoms with van der Waals surface area (Å²) in [5, 5.41) is 9.39. The van der Waals surface area contributed by atoms with E-state index in [0.717, 1.165) is 5.56 Å². The van der Waals surface area contributed by atoms with Crippen LogP contribution < -0.4 is 4.74 Å². The monoisotopic (exact) mass is 265 g/mol. The average molecular weight is 265 g/mol. The second kappa shape index (κ2) is 6.54. The van der Waals surface area contributed by atoms with Crippen LogP contribution in [0.3, 0.4) is 0 Å². The SMILES string of the molecule is C[C@H](O)c1ccc(OCC(=O)N2CCOCC2)cc1. The predicted molar refractivity (Wildman–Crippen MR) is 70.0 cm³/mol. The van der Waals surface area contributed by atoms with E-state index in [1.54, 1.807) is 36.1 Å². The zero-order valence-electron chi connectivity index (χ0n) is 11.0. The van der Waals surface area contributed by atoms with Crippen molar-refractivity contribution < 1.29 is 19.4 Å². The summed E-state index contributed by atoms with van der Waals surface area (Å²) >= 11 is 0. The fraction of sp³-hybridized carbons (Fsp3) is 0.500. The topological polar surface area (TPSA) is 59.0 Å². The van der Waals surface area contributed by atoms with E-state index in [1.165, 1.54) is 0 Å². The third-order valence-electron chi connectivity index (χ3n) is 3.09. The molecule has 0 saturated carbocycles. The van der Waals surface area contributed by atoms with E-state index in [0.29, 0.717) is 32.1 Å². The molecule has 1 N–H and O–H groups in total. The lowest BCUT2D eigenvalue weighted by molar-refractivity contribution is -0.137. The molecule has 1 saturated heterocycles. The number of hydrogen-bond acceptors (Lipinski definition) is 4. The Morgan fingerprint density at radius 2 is 2.00 bits per heavy atom. The number of benzene rings is 1. The van der Waals surface area contributed by atoms with Gasteiger partial charge in [-0.15, -0.1) is 0 Å². The quantitative estimate of drug-likeness (QED) is 0.881. The van der Waals surface area contributed by atoms with Crippen LogP contribution in [0.1, 0.15) is 18.6 Å². The minimum Gasteiger partial charge on any atom is -0.484 e. The number of hydrogen-bond donors (Lipinski definition) is 1. The molecule has 1 aliphatic heterocycles.